The number of hydrogen-bond acceptors (Lipinski definition) is 6. The van der Waals surface area contributed by atoms with Gasteiger partial charge in [-0.2, -0.15) is 0 Å². The molecular weight excluding hydrogens is 519 g/mol. The van der Waals surface area contributed by atoms with Crippen molar-refractivity contribution in [2.24, 2.45) is 0 Å². The Kier molecular flexibility index (Phi) is 8.29. The van der Waals surface area contributed by atoms with Crippen molar-refractivity contribution in [2.75, 3.05) is 31.2 Å². The van der Waals surface area contributed by atoms with Gasteiger partial charge in [-0.05, 0) is 55.8 Å². The third-order valence-electron chi connectivity index (χ3n) is 5.92. The summed E-state index contributed by atoms with van der Waals surface area (Å²) in [7, 11) is -3.11. The zero-order valence-electron chi connectivity index (χ0n) is 20.2. The number of carbonyl (C=O) groups is 1. The summed E-state index contributed by atoms with van der Waals surface area (Å²) in [6.45, 7) is 2.15. The Bertz CT molecular complexity index is 1460. The van der Waals surface area contributed by atoms with Crippen LogP contribution in [0.2, 0.25) is 5.02 Å². The van der Waals surface area contributed by atoms with Crippen LogP contribution in [0.1, 0.15) is 34.6 Å². The highest BCUT2D eigenvalue weighted by Crippen LogP contribution is 2.30. The number of hydrogen-bond donors (Lipinski definition) is 2. The lowest BCUT2D eigenvalue weighted by Crippen LogP contribution is -2.50. The Morgan fingerprint density at radius 3 is 2.54 bits per heavy atom. The van der Waals surface area contributed by atoms with Gasteiger partial charge in [-0.15, -0.1) is 0 Å². The number of rotatable bonds is 6. The van der Waals surface area contributed by atoms with Gasteiger partial charge in [0.15, 0.2) is 15.5 Å². The monoisotopic (exact) mass is 544 g/mol. The normalized spacial score (nSPS) is 15.1. The lowest BCUT2D eigenvalue weighted by atomic mass is 10.1. The van der Waals surface area contributed by atoms with E-state index in [9.17, 15) is 17.6 Å². The first-order valence-electron chi connectivity index (χ1n) is 11.7. The van der Waals surface area contributed by atoms with Gasteiger partial charge in [0.25, 0.3) is 5.91 Å². The summed E-state index contributed by atoms with van der Waals surface area (Å²) in [6, 6.07) is 11.5. The van der Waals surface area contributed by atoms with E-state index in [2.05, 4.69) is 22.3 Å². The van der Waals surface area contributed by atoms with Gasteiger partial charge >= 0.3 is 0 Å². The Morgan fingerprint density at radius 2 is 1.89 bits per heavy atom. The minimum Gasteiger partial charge on any atom is -0.396 e. The Hall–Kier alpha value is -3.23. The van der Waals surface area contributed by atoms with Crippen molar-refractivity contribution in [2.45, 2.75) is 19.8 Å². The van der Waals surface area contributed by atoms with Crippen LogP contribution in [0.15, 0.2) is 42.5 Å². The van der Waals surface area contributed by atoms with Crippen LogP contribution in [0, 0.1) is 24.6 Å². The van der Waals surface area contributed by atoms with Crippen molar-refractivity contribution in [3.8, 4) is 28.9 Å². The maximum Gasteiger partial charge on any atom is 0.286 e. The van der Waals surface area contributed by atoms with Crippen LogP contribution in [0.3, 0.4) is 0 Å². The fraction of sp³-hybridized carbons (Fsp3) is 0.308. The largest absolute Gasteiger partial charge is 0.396 e. The summed E-state index contributed by atoms with van der Waals surface area (Å²) < 4.78 is 40.1. The molecule has 1 aromatic heterocycles. The molecule has 37 heavy (non-hydrogen) atoms. The molecule has 8 nitrogen and oxygen atoms in total. The van der Waals surface area contributed by atoms with Crippen molar-refractivity contribution in [1.29, 1.82) is 0 Å². The summed E-state index contributed by atoms with van der Waals surface area (Å²) >= 11 is 5.95. The molecule has 2 heterocycles. The number of carbonyl (C=O) groups excluding carboxylic acids is 1. The fourth-order valence-electron chi connectivity index (χ4n) is 3.93. The highest BCUT2D eigenvalue weighted by Gasteiger charge is 2.27. The molecule has 1 aliphatic heterocycles. The lowest BCUT2D eigenvalue weighted by Gasteiger charge is -2.26. The average Bonchev–Trinajstić information content (AvgIpc) is 3.20. The zero-order chi connectivity index (χ0) is 26.6. The number of aliphatic hydroxyl groups excluding tert-OH is 1. The number of imidazole rings is 1. The van der Waals surface area contributed by atoms with Crippen LogP contribution in [0.4, 0.5) is 4.39 Å². The van der Waals surface area contributed by atoms with Crippen LogP contribution >= 0.6 is 11.6 Å². The number of halogens is 2. The molecule has 0 bridgehead atoms. The number of benzene rings is 2. The average molecular weight is 545 g/mol. The van der Waals surface area contributed by atoms with Crippen LogP contribution in [0.5, 0.6) is 0 Å². The van der Waals surface area contributed by atoms with Crippen LogP contribution < -0.4 is 5.43 Å². The second-order valence-electron chi connectivity index (χ2n) is 8.58. The van der Waals surface area contributed by atoms with E-state index in [1.165, 1.54) is 12.1 Å². The highest BCUT2D eigenvalue weighted by molar-refractivity contribution is 7.91. The minimum absolute atomic E-state index is 0.0445. The molecule has 0 spiro atoms. The first-order valence-corrected chi connectivity index (χ1v) is 13.9. The molecule has 0 atom stereocenters. The number of nitrogens with one attached hydrogen (secondary N) is 1. The van der Waals surface area contributed by atoms with E-state index >= 15 is 0 Å². The van der Waals surface area contributed by atoms with Crippen molar-refractivity contribution in [1.82, 2.24) is 20.0 Å². The number of sulfone groups is 1. The van der Waals surface area contributed by atoms with Gasteiger partial charge in [0.1, 0.15) is 11.6 Å². The number of nitrogens with zero attached hydrogens (tertiary/aromatic N) is 3. The first-order chi connectivity index (χ1) is 17.7. The molecule has 0 unspecified atom stereocenters. The summed E-state index contributed by atoms with van der Waals surface area (Å²) in [6.07, 6.45) is 1.19. The van der Waals surface area contributed by atoms with Crippen molar-refractivity contribution in [3.05, 3.63) is 70.3 Å². The fourth-order valence-corrected chi connectivity index (χ4v) is 5.29. The molecule has 1 amide bonds. The van der Waals surface area contributed by atoms with E-state index in [0.29, 0.717) is 24.2 Å². The molecule has 1 aliphatic rings. The molecular formula is C26H26ClFN4O4S. The Labute approximate surface area is 220 Å². The van der Waals surface area contributed by atoms with Gasteiger partial charge in [0, 0.05) is 42.4 Å². The van der Waals surface area contributed by atoms with E-state index in [0.717, 1.165) is 5.56 Å². The zero-order valence-corrected chi connectivity index (χ0v) is 21.7. The summed E-state index contributed by atoms with van der Waals surface area (Å²) in [5, 5.41) is 10.7. The first kappa shape index (κ1) is 26.8. The van der Waals surface area contributed by atoms with E-state index < -0.39 is 21.6 Å². The van der Waals surface area contributed by atoms with Gasteiger partial charge in [-0.3, -0.25) is 14.8 Å². The maximum absolute atomic E-state index is 14.9. The van der Waals surface area contributed by atoms with Crippen molar-refractivity contribution >= 4 is 27.3 Å². The number of unbranched alkanes of at least 4 members (excludes halogenated alkanes) is 1. The van der Waals surface area contributed by atoms with Gasteiger partial charge in [0.05, 0.1) is 22.8 Å². The van der Waals surface area contributed by atoms with Crippen molar-refractivity contribution < 1.29 is 22.7 Å². The van der Waals surface area contributed by atoms with Gasteiger partial charge in [-0.25, -0.2) is 22.8 Å². The van der Waals surface area contributed by atoms with E-state index in [1.54, 1.807) is 34.7 Å². The van der Waals surface area contributed by atoms with Gasteiger partial charge in [-0.1, -0.05) is 23.4 Å². The van der Waals surface area contributed by atoms with Crippen LogP contribution in [-0.2, 0) is 9.84 Å². The molecule has 194 valence electrons. The molecule has 0 radical (unpaired) electrons. The Morgan fingerprint density at radius 1 is 1.19 bits per heavy atom. The molecule has 4 rings (SSSR count). The topological polar surface area (TPSA) is 105 Å². The predicted octanol–water partition coefficient (Wildman–Crippen LogP) is 3.14. The molecule has 0 saturated carbocycles. The third-order valence-corrected chi connectivity index (χ3v) is 7.76. The van der Waals surface area contributed by atoms with Crippen LogP contribution in [0.25, 0.3) is 17.1 Å². The number of aliphatic hydroxyl groups is 1. The molecule has 2 aromatic carbocycles. The lowest BCUT2D eigenvalue weighted by molar-refractivity contribution is 0.0796. The standard InChI is InChI=1S/C26H26ClFN4O4S/c1-18-24(26(34)30-31-12-15-37(35,36)16-13-31)29-25(22-11-8-20(27)17-23(22)28)32(18)21-9-6-19(7-10-21)5-3-2-4-14-33/h6-11,17,33H,2,4,12-16H2,1H3,(H,30,34). The third kappa shape index (κ3) is 6.37. The van der Waals surface area contributed by atoms with Gasteiger partial charge in [0.2, 0.25) is 0 Å². The molecule has 3 aromatic rings. The van der Waals surface area contributed by atoms with E-state index in [-0.39, 0.29) is 53.3 Å². The molecule has 11 heteroatoms. The minimum atomic E-state index is -3.11. The molecule has 1 fully saturated rings. The second-order valence-corrected chi connectivity index (χ2v) is 11.3. The molecule has 0 aliphatic carbocycles. The highest BCUT2D eigenvalue weighted by atomic mass is 35.5. The number of aromatic nitrogens is 2. The molecule has 1 saturated heterocycles. The summed E-state index contributed by atoms with van der Waals surface area (Å²) in [5.41, 5.74) is 4.89. The maximum atomic E-state index is 14.9. The Balaban J connectivity index is 1.70. The summed E-state index contributed by atoms with van der Waals surface area (Å²) in [4.78, 5) is 17.7. The second kappa shape index (κ2) is 11.4. The van der Waals surface area contributed by atoms with Crippen molar-refractivity contribution in [3.63, 3.8) is 0 Å². The molecule has 2 N–H and O–H groups in total. The predicted molar refractivity (Wildman–Crippen MR) is 140 cm³/mol. The quantitative estimate of drug-likeness (QED) is 0.365. The van der Waals surface area contributed by atoms with Gasteiger partial charge < -0.3 is 5.11 Å². The summed E-state index contributed by atoms with van der Waals surface area (Å²) in [5.74, 6) is 5.07. The van der Waals surface area contributed by atoms with E-state index in [1.807, 2.05) is 12.1 Å². The SMILES string of the molecule is Cc1c(C(=O)NN2CCS(=O)(=O)CC2)nc(-c2ccc(Cl)cc2F)n1-c1ccc(C#CCCCO)cc1. The number of hydrazine groups is 1. The van der Waals surface area contributed by atoms with E-state index in [4.69, 9.17) is 16.7 Å². The van der Waals surface area contributed by atoms with Crippen LogP contribution in [-0.4, -0.2) is 65.2 Å². The smallest absolute Gasteiger partial charge is 0.286 e. The number of amides is 1.